The van der Waals surface area contributed by atoms with Gasteiger partial charge in [-0.15, -0.1) is 0 Å². The number of nitrogens with two attached hydrogens (primary N) is 1. The molecule has 7 heteroatoms. The molecule has 2 atom stereocenters. The molecular weight excluding hydrogens is 286 g/mol. The van der Waals surface area contributed by atoms with E-state index < -0.39 is 21.7 Å². The molecule has 0 aliphatic heterocycles. The zero-order chi connectivity index (χ0) is 14.9. The minimum absolute atomic E-state index is 0.0909. The molecule has 2 unspecified atom stereocenters. The monoisotopic (exact) mass is 304 g/mol. The first-order valence-electron chi connectivity index (χ1n) is 6.50. The summed E-state index contributed by atoms with van der Waals surface area (Å²) in [7, 11) is -2.47. The molecule has 0 saturated heterocycles. The zero-order valence-electron chi connectivity index (χ0n) is 11.2. The molecule has 1 saturated carbocycles. The Hall–Kier alpha value is -1.05. The van der Waals surface area contributed by atoms with Crippen molar-refractivity contribution in [2.45, 2.75) is 30.2 Å². The highest BCUT2D eigenvalue weighted by molar-refractivity contribution is 7.89. The average Bonchev–Trinajstić information content (AvgIpc) is 2.84. The van der Waals surface area contributed by atoms with Gasteiger partial charge in [0.25, 0.3) is 0 Å². The molecular formula is C13H18F2N2O2S. The van der Waals surface area contributed by atoms with Crippen LogP contribution in [-0.4, -0.2) is 32.4 Å². The van der Waals surface area contributed by atoms with Crippen molar-refractivity contribution in [1.29, 1.82) is 0 Å². The molecule has 1 fully saturated rings. The number of halogens is 2. The van der Waals surface area contributed by atoms with E-state index in [-0.39, 0.29) is 16.9 Å². The first-order chi connectivity index (χ1) is 9.36. The summed E-state index contributed by atoms with van der Waals surface area (Å²) in [6, 6.07) is 2.11. The van der Waals surface area contributed by atoms with Gasteiger partial charge < -0.3 is 5.73 Å². The van der Waals surface area contributed by atoms with Gasteiger partial charge in [-0.2, -0.15) is 4.31 Å². The summed E-state index contributed by atoms with van der Waals surface area (Å²) >= 11 is 0. The second-order valence-corrected chi connectivity index (χ2v) is 7.12. The van der Waals surface area contributed by atoms with Gasteiger partial charge >= 0.3 is 0 Å². The van der Waals surface area contributed by atoms with Crippen molar-refractivity contribution in [3.63, 3.8) is 0 Å². The van der Waals surface area contributed by atoms with Crippen molar-refractivity contribution in [2.24, 2.45) is 11.7 Å². The van der Waals surface area contributed by atoms with E-state index in [1.807, 2.05) is 0 Å². The summed E-state index contributed by atoms with van der Waals surface area (Å²) in [6.07, 6.45) is 2.50. The third kappa shape index (κ3) is 2.84. The second kappa shape index (κ2) is 5.75. The Morgan fingerprint density at radius 1 is 1.25 bits per heavy atom. The average molecular weight is 304 g/mol. The lowest BCUT2D eigenvalue weighted by Crippen LogP contribution is -2.41. The Morgan fingerprint density at radius 3 is 2.40 bits per heavy atom. The molecule has 20 heavy (non-hydrogen) atoms. The molecule has 0 bridgehead atoms. The summed E-state index contributed by atoms with van der Waals surface area (Å²) in [5, 5.41) is 0. The maximum Gasteiger partial charge on any atom is 0.243 e. The molecule has 1 aromatic rings. The van der Waals surface area contributed by atoms with E-state index >= 15 is 0 Å². The van der Waals surface area contributed by atoms with E-state index in [9.17, 15) is 17.2 Å². The predicted molar refractivity (Wildman–Crippen MR) is 71.5 cm³/mol. The lowest BCUT2D eigenvalue weighted by atomic mass is 10.0. The van der Waals surface area contributed by atoms with Crippen LogP contribution in [0.4, 0.5) is 8.78 Å². The van der Waals surface area contributed by atoms with Crippen LogP contribution in [0.25, 0.3) is 0 Å². The Morgan fingerprint density at radius 2 is 1.85 bits per heavy atom. The standard InChI is InChI=1S/C13H18F2N2O2S/c1-17(13-4-2-3-9(13)8-16)20(18,19)12-6-10(14)5-11(15)7-12/h5-7,9,13H,2-4,8,16H2,1H3. The molecule has 112 valence electrons. The van der Waals surface area contributed by atoms with E-state index in [0.717, 1.165) is 31.4 Å². The van der Waals surface area contributed by atoms with Crippen molar-refractivity contribution >= 4 is 10.0 Å². The number of hydrogen-bond donors (Lipinski definition) is 1. The minimum atomic E-state index is -3.91. The maximum atomic E-state index is 13.2. The van der Waals surface area contributed by atoms with Crippen LogP contribution in [-0.2, 0) is 10.0 Å². The first-order valence-corrected chi connectivity index (χ1v) is 7.94. The summed E-state index contributed by atoms with van der Waals surface area (Å²) < 4.78 is 52.5. The van der Waals surface area contributed by atoms with Gasteiger partial charge in [0.1, 0.15) is 11.6 Å². The Labute approximate surface area is 117 Å². The van der Waals surface area contributed by atoms with E-state index in [1.54, 1.807) is 0 Å². The Balaban J connectivity index is 2.34. The van der Waals surface area contributed by atoms with Crippen LogP contribution >= 0.6 is 0 Å². The fraction of sp³-hybridized carbons (Fsp3) is 0.538. The predicted octanol–water partition coefficient (Wildman–Crippen LogP) is 1.71. The molecule has 0 radical (unpaired) electrons. The van der Waals surface area contributed by atoms with Crippen LogP contribution in [0.5, 0.6) is 0 Å². The summed E-state index contributed by atoms with van der Waals surface area (Å²) in [4.78, 5) is -0.361. The second-order valence-electron chi connectivity index (χ2n) is 5.12. The first kappa shape index (κ1) is 15.3. The van der Waals surface area contributed by atoms with Crippen molar-refractivity contribution in [1.82, 2.24) is 4.31 Å². The van der Waals surface area contributed by atoms with Crippen molar-refractivity contribution in [3.8, 4) is 0 Å². The van der Waals surface area contributed by atoms with Gasteiger partial charge in [-0.05, 0) is 37.4 Å². The van der Waals surface area contributed by atoms with Crippen LogP contribution in [0, 0.1) is 17.6 Å². The molecule has 1 aliphatic carbocycles. The third-order valence-corrected chi connectivity index (χ3v) is 5.76. The summed E-state index contributed by atoms with van der Waals surface area (Å²) in [6.45, 7) is 0.405. The van der Waals surface area contributed by atoms with Gasteiger partial charge in [-0.25, -0.2) is 17.2 Å². The summed E-state index contributed by atoms with van der Waals surface area (Å²) in [5.41, 5.74) is 5.65. The minimum Gasteiger partial charge on any atom is -0.330 e. The molecule has 0 aromatic heterocycles. The number of rotatable bonds is 4. The molecule has 0 spiro atoms. The van der Waals surface area contributed by atoms with E-state index in [1.165, 1.54) is 11.4 Å². The topological polar surface area (TPSA) is 63.4 Å². The number of benzene rings is 1. The Kier molecular flexibility index (Phi) is 4.41. The Bertz CT molecular complexity index is 572. The fourth-order valence-electron chi connectivity index (χ4n) is 2.79. The van der Waals surface area contributed by atoms with Crippen molar-refractivity contribution in [3.05, 3.63) is 29.8 Å². The van der Waals surface area contributed by atoms with Gasteiger partial charge in [0.05, 0.1) is 4.90 Å². The highest BCUT2D eigenvalue weighted by atomic mass is 32.2. The maximum absolute atomic E-state index is 13.2. The van der Waals surface area contributed by atoms with Crippen molar-refractivity contribution in [2.75, 3.05) is 13.6 Å². The van der Waals surface area contributed by atoms with E-state index in [4.69, 9.17) is 5.73 Å². The molecule has 0 amide bonds. The van der Waals surface area contributed by atoms with Crippen LogP contribution in [0.2, 0.25) is 0 Å². The van der Waals surface area contributed by atoms with Gasteiger partial charge in [0.2, 0.25) is 10.0 Å². The molecule has 2 N–H and O–H groups in total. The van der Waals surface area contributed by atoms with Gasteiger partial charge in [0, 0.05) is 19.2 Å². The van der Waals surface area contributed by atoms with Gasteiger partial charge in [0.15, 0.2) is 0 Å². The number of nitrogens with zero attached hydrogens (tertiary/aromatic N) is 1. The van der Waals surface area contributed by atoms with Gasteiger partial charge in [-0.1, -0.05) is 6.42 Å². The van der Waals surface area contributed by atoms with E-state index in [2.05, 4.69) is 0 Å². The van der Waals surface area contributed by atoms with Crippen molar-refractivity contribution < 1.29 is 17.2 Å². The lowest BCUT2D eigenvalue weighted by Gasteiger charge is -2.28. The summed E-state index contributed by atoms with van der Waals surface area (Å²) in [5.74, 6) is -1.72. The molecule has 0 heterocycles. The van der Waals surface area contributed by atoms with Crippen LogP contribution in [0.15, 0.2) is 23.1 Å². The molecule has 1 aromatic carbocycles. The number of hydrogen-bond acceptors (Lipinski definition) is 3. The van der Waals surface area contributed by atoms with Crippen LogP contribution in [0.1, 0.15) is 19.3 Å². The quantitative estimate of drug-likeness (QED) is 0.921. The smallest absolute Gasteiger partial charge is 0.243 e. The largest absolute Gasteiger partial charge is 0.330 e. The SMILES string of the molecule is CN(C1CCCC1CN)S(=O)(=O)c1cc(F)cc(F)c1. The third-order valence-electron chi connectivity index (χ3n) is 3.90. The highest BCUT2D eigenvalue weighted by Crippen LogP contribution is 2.32. The lowest BCUT2D eigenvalue weighted by molar-refractivity contribution is 0.304. The normalized spacial score (nSPS) is 23.4. The van der Waals surface area contributed by atoms with Crippen LogP contribution in [0.3, 0.4) is 0 Å². The molecule has 4 nitrogen and oxygen atoms in total. The zero-order valence-corrected chi connectivity index (χ0v) is 12.0. The van der Waals surface area contributed by atoms with E-state index in [0.29, 0.717) is 12.6 Å². The van der Waals surface area contributed by atoms with Gasteiger partial charge in [-0.3, -0.25) is 0 Å². The van der Waals surface area contributed by atoms with Crippen LogP contribution < -0.4 is 5.73 Å². The fourth-order valence-corrected chi connectivity index (χ4v) is 4.28. The highest BCUT2D eigenvalue weighted by Gasteiger charge is 2.36. The molecule has 1 aliphatic rings. The molecule has 2 rings (SSSR count). The number of sulfonamides is 1.